The van der Waals surface area contributed by atoms with Crippen molar-refractivity contribution in [1.29, 1.82) is 0 Å². The summed E-state index contributed by atoms with van der Waals surface area (Å²) in [7, 11) is 0. The fourth-order valence-electron chi connectivity index (χ4n) is 1.55. The van der Waals surface area contributed by atoms with Gasteiger partial charge in [0.15, 0.2) is 0 Å². The summed E-state index contributed by atoms with van der Waals surface area (Å²) in [4.78, 5) is 10.1. The van der Waals surface area contributed by atoms with Crippen LogP contribution in [0.1, 0.15) is 26.2 Å². The Balaban J connectivity index is 2.33. The summed E-state index contributed by atoms with van der Waals surface area (Å²) in [6, 6.07) is 0.193. The minimum Gasteiger partial charge on any atom is -0.393 e. The van der Waals surface area contributed by atoms with Crippen molar-refractivity contribution in [2.75, 3.05) is 0 Å². The van der Waals surface area contributed by atoms with E-state index >= 15 is 0 Å². The topological polar surface area (TPSA) is 49.3 Å². The summed E-state index contributed by atoms with van der Waals surface area (Å²) < 4.78 is 0. The van der Waals surface area contributed by atoms with E-state index in [-0.39, 0.29) is 12.1 Å². The first-order valence-electron chi connectivity index (χ1n) is 4.11. The number of aliphatic hydroxyl groups is 1. The van der Waals surface area contributed by atoms with Crippen LogP contribution in [-0.2, 0) is 4.79 Å². The number of aliphatic hydroxyl groups excluding tert-OH is 1. The predicted molar refractivity (Wildman–Crippen MR) is 42.0 cm³/mol. The van der Waals surface area contributed by atoms with E-state index in [1.165, 1.54) is 0 Å². The van der Waals surface area contributed by atoms with Crippen LogP contribution in [0, 0.1) is 5.92 Å². The normalized spacial score (nSPS) is 38.2. The molecule has 1 saturated carbocycles. The molecule has 1 amide bonds. The van der Waals surface area contributed by atoms with E-state index in [0.29, 0.717) is 18.7 Å². The molecule has 1 fully saturated rings. The van der Waals surface area contributed by atoms with Gasteiger partial charge in [-0.25, -0.2) is 0 Å². The van der Waals surface area contributed by atoms with Crippen molar-refractivity contribution in [3.05, 3.63) is 0 Å². The average Bonchev–Trinajstić information content (AvgIpc) is 1.98. The average molecular weight is 157 g/mol. The largest absolute Gasteiger partial charge is 0.393 e. The number of hydrogen-bond donors (Lipinski definition) is 2. The molecule has 0 aromatic rings. The van der Waals surface area contributed by atoms with Gasteiger partial charge in [0.05, 0.1) is 6.10 Å². The van der Waals surface area contributed by atoms with Crippen LogP contribution in [-0.4, -0.2) is 23.7 Å². The molecule has 0 aliphatic heterocycles. The molecule has 1 aliphatic rings. The van der Waals surface area contributed by atoms with Crippen LogP contribution in [0.5, 0.6) is 0 Å². The Morgan fingerprint density at radius 2 is 2.27 bits per heavy atom. The first-order chi connectivity index (χ1) is 5.24. The number of carbonyl (C=O) groups excluding carboxylic acids is 1. The van der Waals surface area contributed by atoms with Crippen LogP contribution >= 0.6 is 0 Å². The lowest BCUT2D eigenvalue weighted by Crippen LogP contribution is -2.38. The Labute approximate surface area is 66.8 Å². The van der Waals surface area contributed by atoms with Gasteiger partial charge in [-0.05, 0) is 25.2 Å². The molecule has 0 unspecified atom stereocenters. The third-order valence-electron chi connectivity index (χ3n) is 2.46. The number of amides is 1. The monoisotopic (exact) mass is 157 g/mol. The molecule has 0 bridgehead atoms. The second-order valence-corrected chi connectivity index (χ2v) is 3.34. The molecule has 3 heteroatoms. The fourth-order valence-corrected chi connectivity index (χ4v) is 1.55. The Kier molecular flexibility index (Phi) is 2.88. The van der Waals surface area contributed by atoms with Gasteiger partial charge in [-0.15, -0.1) is 0 Å². The van der Waals surface area contributed by atoms with Gasteiger partial charge in [-0.1, -0.05) is 6.92 Å². The SMILES string of the molecule is C[C@H]1CC[C@H](NC=O)C[C@@H]1O. The lowest BCUT2D eigenvalue weighted by molar-refractivity contribution is -0.110. The third kappa shape index (κ3) is 2.19. The maximum atomic E-state index is 10.1. The lowest BCUT2D eigenvalue weighted by atomic mass is 9.85. The van der Waals surface area contributed by atoms with Gasteiger partial charge in [-0.2, -0.15) is 0 Å². The third-order valence-corrected chi connectivity index (χ3v) is 2.46. The molecule has 2 N–H and O–H groups in total. The van der Waals surface area contributed by atoms with Crippen molar-refractivity contribution < 1.29 is 9.90 Å². The van der Waals surface area contributed by atoms with E-state index in [1.807, 2.05) is 6.92 Å². The highest BCUT2D eigenvalue weighted by molar-refractivity contribution is 5.46. The Hall–Kier alpha value is -0.570. The maximum absolute atomic E-state index is 10.1. The highest BCUT2D eigenvalue weighted by atomic mass is 16.3. The Bertz CT molecular complexity index is 138. The van der Waals surface area contributed by atoms with E-state index < -0.39 is 0 Å². The van der Waals surface area contributed by atoms with Gasteiger partial charge >= 0.3 is 0 Å². The minimum atomic E-state index is -0.235. The van der Waals surface area contributed by atoms with Crippen molar-refractivity contribution in [2.45, 2.75) is 38.3 Å². The number of rotatable bonds is 2. The van der Waals surface area contributed by atoms with E-state index in [9.17, 15) is 9.90 Å². The van der Waals surface area contributed by atoms with Gasteiger partial charge in [-0.3, -0.25) is 4.79 Å². The Morgan fingerprint density at radius 1 is 1.55 bits per heavy atom. The second-order valence-electron chi connectivity index (χ2n) is 3.34. The molecule has 0 heterocycles. The zero-order valence-corrected chi connectivity index (χ0v) is 6.79. The lowest BCUT2D eigenvalue weighted by Gasteiger charge is -2.30. The molecular weight excluding hydrogens is 142 g/mol. The highest BCUT2D eigenvalue weighted by Crippen LogP contribution is 2.23. The summed E-state index contributed by atoms with van der Waals surface area (Å²) in [5.74, 6) is 0.389. The van der Waals surface area contributed by atoms with Crippen LogP contribution in [0.4, 0.5) is 0 Å². The Morgan fingerprint density at radius 3 is 2.82 bits per heavy atom. The van der Waals surface area contributed by atoms with Crippen molar-refractivity contribution in [1.82, 2.24) is 5.32 Å². The molecule has 0 aromatic heterocycles. The molecule has 11 heavy (non-hydrogen) atoms. The number of hydrogen-bond acceptors (Lipinski definition) is 2. The molecule has 0 aromatic carbocycles. The van der Waals surface area contributed by atoms with E-state index in [4.69, 9.17) is 0 Å². The molecule has 3 atom stereocenters. The molecule has 3 nitrogen and oxygen atoms in total. The summed E-state index contributed by atoms with van der Waals surface area (Å²) in [5.41, 5.74) is 0. The molecule has 0 saturated heterocycles. The molecule has 0 radical (unpaired) electrons. The zero-order chi connectivity index (χ0) is 8.27. The quantitative estimate of drug-likeness (QED) is 0.566. The van der Waals surface area contributed by atoms with E-state index in [2.05, 4.69) is 5.32 Å². The van der Waals surface area contributed by atoms with Crippen LogP contribution in [0.25, 0.3) is 0 Å². The van der Waals surface area contributed by atoms with Gasteiger partial charge in [0.2, 0.25) is 6.41 Å². The number of nitrogens with one attached hydrogen (secondary N) is 1. The molecule has 1 rings (SSSR count). The van der Waals surface area contributed by atoms with Crippen molar-refractivity contribution in [2.24, 2.45) is 5.92 Å². The van der Waals surface area contributed by atoms with E-state index in [0.717, 1.165) is 12.8 Å². The summed E-state index contributed by atoms with van der Waals surface area (Å²) in [6.07, 6.45) is 3.19. The zero-order valence-electron chi connectivity index (χ0n) is 6.79. The summed E-state index contributed by atoms with van der Waals surface area (Å²) in [6.45, 7) is 2.04. The van der Waals surface area contributed by atoms with Crippen molar-refractivity contribution in [3.63, 3.8) is 0 Å². The smallest absolute Gasteiger partial charge is 0.207 e. The molecule has 0 spiro atoms. The molecule has 1 aliphatic carbocycles. The summed E-state index contributed by atoms with van der Waals surface area (Å²) >= 11 is 0. The minimum absolute atomic E-state index is 0.193. The van der Waals surface area contributed by atoms with Crippen LogP contribution in [0.2, 0.25) is 0 Å². The van der Waals surface area contributed by atoms with Gasteiger partial charge in [0, 0.05) is 6.04 Å². The predicted octanol–water partition coefficient (Wildman–Crippen LogP) is 0.282. The fraction of sp³-hybridized carbons (Fsp3) is 0.875. The van der Waals surface area contributed by atoms with Crippen LogP contribution in [0.15, 0.2) is 0 Å². The summed E-state index contributed by atoms with van der Waals surface area (Å²) in [5, 5.41) is 12.1. The van der Waals surface area contributed by atoms with Crippen molar-refractivity contribution >= 4 is 6.41 Å². The van der Waals surface area contributed by atoms with Gasteiger partial charge in [0.25, 0.3) is 0 Å². The van der Waals surface area contributed by atoms with Crippen molar-refractivity contribution in [3.8, 4) is 0 Å². The second kappa shape index (κ2) is 3.72. The first-order valence-corrected chi connectivity index (χ1v) is 4.11. The van der Waals surface area contributed by atoms with Gasteiger partial charge in [0.1, 0.15) is 0 Å². The number of carbonyl (C=O) groups is 1. The molecule has 64 valence electrons. The molecular formula is C8H15NO2. The highest BCUT2D eigenvalue weighted by Gasteiger charge is 2.25. The van der Waals surface area contributed by atoms with Gasteiger partial charge < -0.3 is 10.4 Å². The first kappa shape index (κ1) is 8.53. The van der Waals surface area contributed by atoms with Crippen LogP contribution < -0.4 is 5.32 Å². The maximum Gasteiger partial charge on any atom is 0.207 e. The van der Waals surface area contributed by atoms with E-state index in [1.54, 1.807) is 0 Å². The standard InChI is InChI=1S/C8H15NO2/c1-6-2-3-7(9-5-10)4-8(6)11/h5-8,11H,2-4H2,1H3,(H,9,10)/t6-,7-,8-/m0/s1. The van der Waals surface area contributed by atoms with Crippen LogP contribution in [0.3, 0.4) is 0 Å².